The van der Waals surface area contributed by atoms with E-state index < -0.39 is 0 Å². The van der Waals surface area contributed by atoms with Gasteiger partial charge < -0.3 is 14.3 Å². The van der Waals surface area contributed by atoms with E-state index in [-0.39, 0.29) is 18.2 Å². The fourth-order valence-electron chi connectivity index (χ4n) is 2.97. The number of hydrogen-bond donors (Lipinski definition) is 1. The molecule has 3 heterocycles. The molecular weight excluding hydrogens is 370 g/mol. The number of aromatic nitrogens is 1. The van der Waals surface area contributed by atoms with Crippen LogP contribution in [0.4, 0.5) is 0 Å². The van der Waals surface area contributed by atoms with Crippen LogP contribution in [0.3, 0.4) is 0 Å². The van der Waals surface area contributed by atoms with Crippen molar-refractivity contribution in [1.29, 1.82) is 5.26 Å². The average Bonchev–Trinajstić information content (AvgIpc) is 3.46. The van der Waals surface area contributed by atoms with Crippen molar-refractivity contribution in [2.45, 2.75) is 13.5 Å². The van der Waals surface area contributed by atoms with Crippen molar-refractivity contribution in [2.75, 3.05) is 0 Å². The Bertz CT molecular complexity index is 1150. The maximum atomic E-state index is 12.9. The van der Waals surface area contributed by atoms with E-state index in [0.29, 0.717) is 10.6 Å². The largest absolute Gasteiger partial charge is 0.449 e. The molecular formula is C22H17N3O2S. The molecule has 0 fully saturated rings. The fourth-order valence-corrected chi connectivity index (χ4v) is 3.96. The fraction of sp³-hybridized carbons (Fsp3) is 0.0909. The number of benzene rings is 1. The van der Waals surface area contributed by atoms with Crippen molar-refractivity contribution in [3.63, 3.8) is 0 Å². The number of carbonyl (C=O) groups excluding carboxylic acids is 1. The van der Waals surface area contributed by atoms with Crippen molar-refractivity contribution in [2.24, 2.45) is 0 Å². The summed E-state index contributed by atoms with van der Waals surface area (Å²) in [6.45, 7) is 2.28. The van der Waals surface area contributed by atoms with E-state index in [1.54, 1.807) is 12.1 Å². The highest BCUT2D eigenvalue weighted by Gasteiger charge is 2.20. The summed E-state index contributed by atoms with van der Waals surface area (Å²) in [7, 11) is 0. The van der Waals surface area contributed by atoms with Crippen LogP contribution in [0, 0.1) is 18.3 Å². The second-order valence-corrected chi connectivity index (χ2v) is 7.22. The minimum absolute atomic E-state index is 0.179. The molecule has 1 amide bonds. The summed E-state index contributed by atoms with van der Waals surface area (Å²) in [4.78, 5) is 13.5. The van der Waals surface area contributed by atoms with E-state index >= 15 is 0 Å². The molecule has 0 bridgehead atoms. The molecule has 4 aromatic rings. The van der Waals surface area contributed by atoms with Gasteiger partial charge in [0.05, 0.1) is 12.2 Å². The summed E-state index contributed by atoms with van der Waals surface area (Å²) in [5.74, 6) is 0.597. The second-order valence-electron chi connectivity index (χ2n) is 6.34. The van der Waals surface area contributed by atoms with Crippen molar-refractivity contribution in [1.82, 2.24) is 9.88 Å². The second kappa shape index (κ2) is 7.59. The van der Waals surface area contributed by atoms with Gasteiger partial charge in [0.1, 0.15) is 16.7 Å². The smallest absolute Gasteiger partial charge is 0.263 e. The van der Waals surface area contributed by atoms with Crippen LogP contribution < -0.4 is 5.32 Å². The Morgan fingerprint density at radius 3 is 2.61 bits per heavy atom. The zero-order valence-electron chi connectivity index (χ0n) is 15.2. The summed E-state index contributed by atoms with van der Waals surface area (Å²) in [5.41, 5.74) is 4.12. The van der Waals surface area contributed by atoms with E-state index in [2.05, 4.69) is 36.5 Å². The van der Waals surface area contributed by atoms with Crippen molar-refractivity contribution < 1.29 is 9.21 Å². The monoisotopic (exact) mass is 387 g/mol. The first kappa shape index (κ1) is 17.8. The first-order valence-corrected chi connectivity index (χ1v) is 9.62. The maximum Gasteiger partial charge on any atom is 0.263 e. The molecule has 0 aliphatic heterocycles. The molecule has 1 N–H and O–H groups in total. The van der Waals surface area contributed by atoms with Crippen LogP contribution in [0.25, 0.3) is 16.8 Å². The average molecular weight is 387 g/mol. The lowest BCUT2D eigenvalue weighted by molar-refractivity contribution is 0.0952. The molecule has 0 aliphatic rings. The number of rotatable bonds is 5. The molecule has 0 unspecified atom stereocenters. The molecule has 0 spiro atoms. The number of amides is 1. The van der Waals surface area contributed by atoms with Crippen LogP contribution in [0.1, 0.15) is 26.8 Å². The highest BCUT2D eigenvalue weighted by Crippen LogP contribution is 2.35. The highest BCUT2D eigenvalue weighted by molar-refractivity contribution is 7.13. The third-order valence-corrected chi connectivity index (χ3v) is 5.36. The van der Waals surface area contributed by atoms with Gasteiger partial charge in [0.25, 0.3) is 5.91 Å². The van der Waals surface area contributed by atoms with Gasteiger partial charge in [-0.15, -0.1) is 11.3 Å². The molecule has 28 heavy (non-hydrogen) atoms. The topological polar surface area (TPSA) is 71.0 Å². The van der Waals surface area contributed by atoms with Gasteiger partial charge in [-0.3, -0.25) is 4.79 Å². The molecule has 0 aliphatic carbocycles. The van der Waals surface area contributed by atoms with Crippen LogP contribution >= 0.6 is 11.3 Å². The summed E-state index contributed by atoms with van der Waals surface area (Å²) in [6.07, 6.45) is 3.87. The van der Waals surface area contributed by atoms with Crippen LogP contribution in [0.15, 0.2) is 70.7 Å². The summed E-state index contributed by atoms with van der Waals surface area (Å²) in [6, 6.07) is 17.4. The highest BCUT2D eigenvalue weighted by atomic mass is 32.1. The Labute approximate surface area is 166 Å². The summed E-state index contributed by atoms with van der Waals surface area (Å²) < 4.78 is 7.29. The van der Waals surface area contributed by atoms with E-state index in [4.69, 9.17) is 9.68 Å². The van der Waals surface area contributed by atoms with Crippen LogP contribution in [-0.2, 0) is 6.54 Å². The molecule has 5 nitrogen and oxygen atoms in total. The lowest BCUT2D eigenvalue weighted by atomic mass is 10.0. The molecule has 6 heteroatoms. The molecule has 1 aromatic carbocycles. The van der Waals surface area contributed by atoms with E-state index in [1.807, 2.05) is 40.5 Å². The third-order valence-electron chi connectivity index (χ3n) is 4.39. The Morgan fingerprint density at radius 2 is 1.93 bits per heavy atom. The molecule has 3 aromatic heterocycles. The lowest BCUT2D eigenvalue weighted by Gasteiger charge is -2.10. The summed E-state index contributed by atoms with van der Waals surface area (Å²) in [5, 5.41) is 13.7. The number of nitrogens with one attached hydrogen (secondary N) is 1. The number of hydrogen-bond acceptors (Lipinski definition) is 4. The number of carbonyl (C=O) groups is 1. The molecule has 0 saturated heterocycles. The predicted molar refractivity (Wildman–Crippen MR) is 108 cm³/mol. The van der Waals surface area contributed by atoms with Crippen molar-refractivity contribution in [3.05, 3.63) is 88.3 Å². The van der Waals surface area contributed by atoms with Gasteiger partial charge in [-0.1, -0.05) is 29.8 Å². The first-order chi connectivity index (χ1) is 13.7. The Morgan fingerprint density at radius 1 is 1.18 bits per heavy atom. The Hall–Kier alpha value is -3.56. The van der Waals surface area contributed by atoms with Gasteiger partial charge >= 0.3 is 0 Å². The maximum absolute atomic E-state index is 12.9. The van der Waals surface area contributed by atoms with Crippen LogP contribution in [0.5, 0.6) is 0 Å². The quantitative estimate of drug-likeness (QED) is 0.529. The Kier molecular flexibility index (Phi) is 4.83. The van der Waals surface area contributed by atoms with Gasteiger partial charge in [-0.2, -0.15) is 5.26 Å². The van der Waals surface area contributed by atoms with Gasteiger partial charge in [-0.25, -0.2) is 0 Å². The number of thiophene rings is 1. The van der Waals surface area contributed by atoms with Crippen molar-refractivity contribution >= 4 is 17.2 Å². The SMILES string of the molecule is Cc1ccc(-c2csc(C(=O)NCc3ccc(C#N)o3)c2-n2cccc2)cc1. The third kappa shape index (κ3) is 3.48. The molecule has 4 rings (SSSR count). The zero-order valence-corrected chi connectivity index (χ0v) is 16.0. The number of furan rings is 1. The van der Waals surface area contributed by atoms with E-state index in [9.17, 15) is 4.79 Å². The van der Waals surface area contributed by atoms with E-state index in [0.717, 1.165) is 16.8 Å². The summed E-state index contributed by atoms with van der Waals surface area (Å²) >= 11 is 1.41. The van der Waals surface area contributed by atoms with Gasteiger partial charge in [0, 0.05) is 23.3 Å². The minimum atomic E-state index is -0.179. The molecule has 0 radical (unpaired) electrons. The number of nitrogens with zero attached hydrogens (tertiary/aromatic N) is 2. The van der Waals surface area contributed by atoms with Crippen LogP contribution in [-0.4, -0.2) is 10.5 Å². The van der Waals surface area contributed by atoms with Gasteiger partial charge in [0.15, 0.2) is 0 Å². The number of aryl methyl sites for hydroxylation is 1. The first-order valence-electron chi connectivity index (χ1n) is 8.74. The standard InChI is InChI=1S/C22H17N3O2S/c1-15-4-6-16(7-5-15)19-14-28-21(20(19)25-10-2-3-11-25)22(26)24-13-18-9-8-17(12-23)27-18/h2-11,14H,13H2,1H3,(H,24,26). The predicted octanol–water partition coefficient (Wildman–Crippen LogP) is 4.91. The van der Waals surface area contributed by atoms with Gasteiger partial charge in [-0.05, 0) is 36.8 Å². The molecule has 138 valence electrons. The van der Waals surface area contributed by atoms with Crippen LogP contribution in [0.2, 0.25) is 0 Å². The van der Waals surface area contributed by atoms with Gasteiger partial charge in [0.2, 0.25) is 5.76 Å². The van der Waals surface area contributed by atoms with Crippen molar-refractivity contribution in [3.8, 4) is 22.9 Å². The lowest BCUT2D eigenvalue weighted by Crippen LogP contribution is -2.22. The zero-order chi connectivity index (χ0) is 19.5. The molecule has 0 saturated carbocycles. The normalized spacial score (nSPS) is 10.6. The minimum Gasteiger partial charge on any atom is -0.449 e. The van der Waals surface area contributed by atoms with E-state index in [1.165, 1.54) is 16.9 Å². The molecule has 0 atom stereocenters. The Balaban J connectivity index is 1.65. The number of nitriles is 1.